The Morgan fingerprint density at radius 2 is 0.882 bits per heavy atom. The molecule has 0 saturated heterocycles. The van der Waals surface area contributed by atoms with E-state index in [0.717, 1.165) is 39.5 Å². The van der Waals surface area contributed by atoms with Gasteiger partial charge in [-0.1, -0.05) is 146 Å². The number of hydrogen-bond acceptors (Lipinski definition) is 2. The summed E-state index contributed by atoms with van der Waals surface area (Å²) in [5.74, 6) is 3.50. The lowest BCUT2D eigenvalue weighted by molar-refractivity contribution is 0.464. The Bertz CT molecular complexity index is 2830. The first-order chi connectivity index (χ1) is 25.3. The molecule has 11 rings (SSSR count). The van der Waals surface area contributed by atoms with Gasteiger partial charge in [0.2, 0.25) is 0 Å². The van der Waals surface area contributed by atoms with Crippen molar-refractivity contribution in [2.45, 2.75) is 0 Å². The van der Waals surface area contributed by atoms with E-state index in [1.54, 1.807) is 0 Å². The van der Waals surface area contributed by atoms with Gasteiger partial charge in [0.25, 0.3) is 6.71 Å². The standard InChI is InChI=1S/C48H29BO2/c1-2-13-31-28-33(25-24-30(31)12-1)46-36-16-5-7-18-38(36)47(39-19-8-6-17-37(39)46)35-15-4-3-14-34(35)32-26-27-41-45(29-32)51-44-23-11-22-43-48(44)49(41)40-20-9-10-21-42(40)50-43/h1-29H. The third-order valence-electron chi connectivity index (χ3n) is 10.8. The van der Waals surface area contributed by atoms with Gasteiger partial charge in [-0.3, -0.25) is 0 Å². The van der Waals surface area contributed by atoms with Crippen LogP contribution in [0.25, 0.3) is 65.7 Å². The quantitative estimate of drug-likeness (QED) is 0.140. The highest BCUT2D eigenvalue weighted by molar-refractivity contribution is 6.98. The van der Waals surface area contributed by atoms with Crippen LogP contribution in [0.3, 0.4) is 0 Å². The molecule has 0 amide bonds. The number of hydrogen-bond donors (Lipinski definition) is 0. The summed E-state index contributed by atoms with van der Waals surface area (Å²) in [7, 11) is 0. The van der Waals surface area contributed by atoms with Gasteiger partial charge in [-0.25, -0.2) is 0 Å². The lowest BCUT2D eigenvalue weighted by Gasteiger charge is -2.33. The van der Waals surface area contributed by atoms with E-state index in [-0.39, 0.29) is 6.71 Å². The van der Waals surface area contributed by atoms with E-state index in [0.29, 0.717) is 0 Å². The van der Waals surface area contributed by atoms with Gasteiger partial charge in [-0.15, -0.1) is 0 Å². The minimum Gasteiger partial charge on any atom is -0.458 e. The third kappa shape index (κ3) is 4.25. The van der Waals surface area contributed by atoms with E-state index in [9.17, 15) is 0 Å². The summed E-state index contributed by atoms with van der Waals surface area (Å²) in [6, 6.07) is 63.3. The molecule has 0 aliphatic carbocycles. The van der Waals surface area contributed by atoms with Crippen LogP contribution in [0.5, 0.6) is 23.0 Å². The average Bonchev–Trinajstić information content (AvgIpc) is 3.19. The van der Waals surface area contributed by atoms with Crippen molar-refractivity contribution < 1.29 is 9.47 Å². The van der Waals surface area contributed by atoms with E-state index < -0.39 is 0 Å². The molecule has 0 fully saturated rings. The van der Waals surface area contributed by atoms with E-state index in [1.807, 2.05) is 18.2 Å². The minimum absolute atomic E-state index is 0.0460. The molecule has 9 aromatic rings. The van der Waals surface area contributed by atoms with Gasteiger partial charge < -0.3 is 9.47 Å². The predicted octanol–water partition coefficient (Wildman–Crippen LogP) is 10.9. The summed E-state index contributed by atoms with van der Waals surface area (Å²) in [6.07, 6.45) is 0. The SMILES string of the molecule is c1ccc2c(c1)Oc1cccc3c1B2c1ccc(-c2ccccc2-c2c4ccccc4c(-c4ccc5ccccc5c4)c4ccccc24)cc1O3. The Morgan fingerprint density at radius 3 is 1.65 bits per heavy atom. The topological polar surface area (TPSA) is 18.5 Å². The van der Waals surface area contributed by atoms with Crippen LogP contribution in [-0.4, -0.2) is 6.71 Å². The average molecular weight is 649 g/mol. The molecule has 0 aromatic heterocycles. The van der Waals surface area contributed by atoms with Crippen molar-refractivity contribution in [2.24, 2.45) is 0 Å². The highest BCUT2D eigenvalue weighted by Gasteiger charge is 2.39. The fourth-order valence-electron chi connectivity index (χ4n) is 8.57. The van der Waals surface area contributed by atoms with Crippen LogP contribution < -0.4 is 25.9 Å². The lowest BCUT2D eigenvalue weighted by atomic mass is 9.35. The van der Waals surface area contributed by atoms with Gasteiger partial charge in [0, 0.05) is 5.46 Å². The Balaban J connectivity index is 1.12. The first kappa shape index (κ1) is 28.3. The van der Waals surface area contributed by atoms with Gasteiger partial charge in [-0.2, -0.15) is 0 Å². The fourth-order valence-corrected chi connectivity index (χ4v) is 8.57. The van der Waals surface area contributed by atoms with Crippen molar-refractivity contribution in [3.05, 3.63) is 176 Å². The lowest BCUT2D eigenvalue weighted by Crippen LogP contribution is -2.57. The van der Waals surface area contributed by atoms with Crippen LogP contribution in [-0.2, 0) is 0 Å². The molecule has 2 nitrogen and oxygen atoms in total. The van der Waals surface area contributed by atoms with E-state index >= 15 is 0 Å². The maximum absolute atomic E-state index is 6.70. The largest absolute Gasteiger partial charge is 0.458 e. The molecule has 51 heavy (non-hydrogen) atoms. The molecule has 0 N–H and O–H groups in total. The Labute approximate surface area is 296 Å². The molecule has 0 unspecified atom stereocenters. The summed E-state index contributed by atoms with van der Waals surface area (Å²) in [5.41, 5.74) is 10.7. The van der Waals surface area contributed by atoms with Crippen molar-refractivity contribution in [1.29, 1.82) is 0 Å². The zero-order valence-electron chi connectivity index (χ0n) is 27.6. The third-order valence-corrected chi connectivity index (χ3v) is 10.8. The zero-order chi connectivity index (χ0) is 33.5. The highest BCUT2D eigenvalue weighted by atomic mass is 16.5. The molecule has 0 atom stereocenters. The van der Waals surface area contributed by atoms with Crippen LogP contribution in [0.4, 0.5) is 0 Å². The second-order valence-electron chi connectivity index (χ2n) is 13.5. The summed E-state index contributed by atoms with van der Waals surface area (Å²) in [5, 5.41) is 7.46. The predicted molar refractivity (Wildman–Crippen MR) is 213 cm³/mol. The molecule has 2 aliphatic heterocycles. The second kappa shape index (κ2) is 11.0. The van der Waals surface area contributed by atoms with Crippen molar-refractivity contribution in [1.82, 2.24) is 0 Å². The molecule has 0 bridgehead atoms. The Hall–Kier alpha value is -6.58. The summed E-state index contributed by atoms with van der Waals surface area (Å²) >= 11 is 0. The maximum Gasteiger partial charge on any atom is 0.260 e. The molecule has 0 radical (unpaired) electrons. The maximum atomic E-state index is 6.70. The number of rotatable bonds is 3. The molecule has 2 aliphatic rings. The van der Waals surface area contributed by atoms with E-state index in [1.165, 1.54) is 65.6 Å². The van der Waals surface area contributed by atoms with Crippen molar-refractivity contribution in [2.75, 3.05) is 0 Å². The molecule has 9 aromatic carbocycles. The van der Waals surface area contributed by atoms with Crippen LogP contribution in [0.15, 0.2) is 176 Å². The Morgan fingerprint density at radius 1 is 0.333 bits per heavy atom. The van der Waals surface area contributed by atoms with Gasteiger partial charge >= 0.3 is 0 Å². The molecule has 236 valence electrons. The van der Waals surface area contributed by atoms with Gasteiger partial charge in [-0.05, 0) is 107 Å². The van der Waals surface area contributed by atoms with E-state index in [2.05, 4.69) is 158 Å². The number of para-hydroxylation sites is 1. The Kier molecular flexibility index (Phi) is 6.08. The van der Waals surface area contributed by atoms with Crippen molar-refractivity contribution in [3.8, 4) is 56.4 Å². The normalized spacial score (nSPS) is 12.6. The van der Waals surface area contributed by atoms with E-state index in [4.69, 9.17) is 9.47 Å². The van der Waals surface area contributed by atoms with Gasteiger partial charge in [0.05, 0.1) is 0 Å². The first-order valence-electron chi connectivity index (χ1n) is 17.5. The summed E-state index contributed by atoms with van der Waals surface area (Å²) in [6.45, 7) is 0.0460. The highest BCUT2D eigenvalue weighted by Crippen LogP contribution is 2.47. The molecule has 2 heterocycles. The van der Waals surface area contributed by atoms with Crippen LogP contribution >= 0.6 is 0 Å². The number of ether oxygens (including phenoxy) is 2. The smallest absolute Gasteiger partial charge is 0.260 e. The molecular weight excluding hydrogens is 619 g/mol. The molecule has 3 heteroatoms. The minimum atomic E-state index is 0.0460. The zero-order valence-corrected chi connectivity index (χ0v) is 27.6. The van der Waals surface area contributed by atoms with Crippen LogP contribution in [0, 0.1) is 0 Å². The summed E-state index contributed by atoms with van der Waals surface area (Å²) < 4.78 is 13.0. The fraction of sp³-hybridized carbons (Fsp3) is 0. The van der Waals surface area contributed by atoms with Crippen molar-refractivity contribution >= 4 is 55.4 Å². The summed E-state index contributed by atoms with van der Waals surface area (Å²) in [4.78, 5) is 0. The molecule has 0 saturated carbocycles. The number of fused-ring (bicyclic) bond motifs is 7. The molecule has 0 spiro atoms. The van der Waals surface area contributed by atoms with Crippen LogP contribution in [0.2, 0.25) is 0 Å². The van der Waals surface area contributed by atoms with Crippen molar-refractivity contribution in [3.63, 3.8) is 0 Å². The van der Waals surface area contributed by atoms with Crippen LogP contribution in [0.1, 0.15) is 0 Å². The number of benzene rings is 9. The first-order valence-corrected chi connectivity index (χ1v) is 17.5. The monoisotopic (exact) mass is 648 g/mol. The van der Waals surface area contributed by atoms with Gasteiger partial charge in [0.15, 0.2) is 0 Å². The second-order valence-corrected chi connectivity index (χ2v) is 13.5. The van der Waals surface area contributed by atoms with Gasteiger partial charge in [0.1, 0.15) is 23.0 Å². The molecular formula is C48H29BO2.